The first kappa shape index (κ1) is 22.5. The molecule has 2 aliphatic rings. The first-order valence-electron chi connectivity index (χ1n) is 10.00. The van der Waals surface area contributed by atoms with E-state index in [4.69, 9.17) is 14.2 Å². The highest BCUT2D eigenvalue weighted by atomic mass is 16.6. The molecule has 2 heterocycles. The summed E-state index contributed by atoms with van der Waals surface area (Å²) in [6.45, 7) is 10.1. The molecule has 1 fully saturated rings. The van der Waals surface area contributed by atoms with Gasteiger partial charge >= 0.3 is 6.09 Å². The van der Waals surface area contributed by atoms with Crippen molar-refractivity contribution in [2.75, 3.05) is 20.8 Å². The second kappa shape index (κ2) is 9.11. The van der Waals surface area contributed by atoms with Crippen molar-refractivity contribution in [3.8, 4) is 0 Å². The van der Waals surface area contributed by atoms with Crippen molar-refractivity contribution in [3.63, 3.8) is 0 Å². The van der Waals surface area contributed by atoms with Crippen molar-refractivity contribution in [1.82, 2.24) is 4.90 Å². The zero-order valence-corrected chi connectivity index (χ0v) is 18.1. The molecule has 0 saturated carbocycles. The van der Waals surface area contributed by atoms with Crippen LogP contribution in [0.4, 0.5) is 4.79 Å². The molecule has 0 radical (unpaired) electrons. The predicted molar refractivity (Wildman–Crippen MR) is 108 cm³/mol. The van der Waals surface area contributed by atoms with Crippen LogP contribution in [0.1, 0.15) is 53.9 Å². The molecular weight excluding hydrogens is 362 g/mol. The molecule has 0 bridgehead atoms. The van der Waals surface area contributed by atoms with E-state index < -0.39 is 29.9 Å². The zero-order valence-electron chi connectivity index (χ0n) is 18.1. The third-order valence-corrected chi connectivity index (χ3v) is 4.98. The van der Waals surface area contributed by atoms with Gasteiger partial charge in [-0.05, 0) is 46.0 Å². The molecule has 4 atom stereocenters. The number of aliphatic hydroxyl groups excluding tert-OH is 1. The number of amides is 1. The molecule has 0 aromatic rings. The van der Waals surface area contributed by atoms with Gasteiger partial charge in [-0.1, -0.05) is 13.8 Å². The SMILES string of the molecule is COC1=N[C@H](C(C)C)C(OC)=N[C@H]1[C@H](O)[C@H]1CCCCN1C(=O)OC(C)(C)C. The Morgan fingerprint density at radius 3 is 2.21 bits per heavy atom. The summed E-state index contributed by atoms with van der Waals surface area (Å²) in [6.07, 6.45) is 1.08. The summed E-state index contributed by atoms with van der Waals surface area (Å²) in [4.78, 5) is 23.5. The second-order valence-electron chi connectivity index (χ2n) is 8.70. The molecule has 8 heteroatoms. The summed E-state index contributed by atoms with van der Waals surface area (Å²) in [5.41, 5.74) is -0.597. The molecule has 8 nitrogen and oxygen atoms in total. The van der Waals surface area contributed by atoms with E-state index in [1.54, 1.807) is 12.0 Å². The van der Waals surface area contributed by atoms with Gasteiger partial charge in [-0.15, -0.1) is 0 Å². The fourth-order valence-corrected chi connectivity index (χ4v) is 3.61. The van der Waals surface area contributed by atoms with Crippen LogP contribution in [-0.2, 0) is 14.2 Å². The van der Waals surface area contributed by atoms with Gasteiger partial charge in [0.25, 0.3) is 0 Å². The summed E-state index contributed by atoms with van der Waals surface area (Å²) in [5, 5.41) is 11.2. The molecule has 1 saturated heterocycles. The van der Waals surface area contributed by atoms with E-state index in [-0.39, 0.29) is 12.0 Å². The second-order valence-corrected chi connectivity index (χ2v) is 8.70. The number of nitrogens with zero attached hydrogens (tertiary/aromatic N) is 3. The minimum atomic E-state index is -0.968. The number of rotatable bonds is 3. The van der Waals surface area contributed by atoms with Crippen molar-refractivity contribution in [1.29, 1.82) is 0 Å². The smallest absolute Gasteiger partial charge is 0.410 e. The van der Waals surface area contributed by atoms with Crippen LogP contribution in [-0.4, -0.2) is 78.5 Å². The maximum Gasteiger partial charge on any atom is 0.410 e. The molecule has 28 heavy (non-hydrogen) atoms. The Balaban J connectivity index is 2.27. The van der Waals surface area contributed by atoms with Gasteiger partial charge in [0.05, 0.1) is 20.3 Å². The summed E-state index contributed by atoms with van der Waals surface area (Å²) in [7, 11) is 3.08. The minimum Gasteiger partial charge on any atom is -0.483 e. The Hall–Kier alpha value is -1.83. The van der Waals surface area contributed by atoms with Gasteiger partial charge in [0.15, 0.2) is 6.04 Å². The normalized spacial score (nSPS) is 27.0. The van der Waals surface area contributed by atoms with Crippen molar-refractivity contribution < 1.29 is 24.1 Å². The highest BCUT2D eigenvalue weighted by Gasteiger charge is 2.42. The molecule has 2 aliphatic heterocycles. The predicted octanol–water partition coefficient (Wildman–Crippen LogP) is 2.63. The van der Waals surface area contributed by atoms with E-state index in [1.165, 1.54) is 7.11 Å². The Labute approximate surface area is 168 Å². The van der Waals surface area contributed by atoms with Crippen molar-refractivity contribution in [3.05, 3.63) is 0 Å². The number of methoxy groups -OCH3 is 2. The van der Waals surface area contributed by atoms with Gasteiger partial charge in [0, 0.05) is 6.54 Å². The quantitative estimate of drug-likeness (QED) is 0.790. The summed E-state index contributed by atoms with van der Waals surface area (Å²) in [6, 6.07) is -1.40. The number of ether oxygens (including phenoxy) is 3. The zero-order chi connectivity index (χ0) is 21.1. The van der Waals surface area contributed by atoms with Crippen LogP contribution in [0.3, 0.4) is 0 Å². The lowest BCUT2D eigenvalue weighted by Crippen LogP contribution is -2.56. The molecule has 0 spiro atoms. The molecule has 160 valence electrons. The third kappa shape index (κ3) is 5.16. The first-order valence-corrected chi connectivity index (χ1v) is 10.00. The molecule has 0 aromatic heterocycles. The maximum atomic E-state index is 12.7. The highest BCUT2D eigenvalue weighted by molar-refractivity contribution is 5.94. The van der Waals surface area contributed by atoms with Crippen LogP contribution in [0.2, 0.25) is 0 Å². The van der Waals surface area contributed by atoms with Crippen LogP contribution in [0, 0.1) is 5.92 Å². The number of carbonyl (C=O) groups excluding carboxylic acids is 1. The Bertz CT molecular complexity index is 611. The molecule has 0 unspecified atom stereocenters. The van der Waals surface area contributed by atoms with Gasteiger partial charge in [0.1, 0.15) is 17.7 Å². The van der Waals surface area contributed by atoms with E-state index in [1.807, 2.05) is 34.6 Å². The van der Waals surface area contributed by atoms with Gasteiger partial charge in [0.2, 0.25) is 11.8 Å². The van der Waals surface area contributed by atoms with Gasteiger partial charge < -0.3 is 24.2 Å². The lowest BCUT2D eigenvalue weighted by molar-refractivity contribution is -0.0187. The van der Waals surface area contributed by atoms with Gasteiger partial charge in [-0.3, -0.25) is 0 Å². The molecule has 1 amide bonds. The van der Waals surface area contributed by atoms with E-state index in [0.29, 0.717) is 24.8 Å². The molecule has 0 aliphatic carbocycles. The highest BCUT2D eigenvalue weighted by Crippen LogP contribution is 2.27. The fourth-order valence-electron chi connectivity index (χ4n) is 3.61. The number of piperidine rings is 1. The number of carbonyl (C=O) groups is 1. The fraction of sp³-hybridized carbons (Fsp3) is 0.850. The number of likely N-dealkylation sites (tertiary alicyclic amines) is 1. The van der Waals surface area contributed by atoms with Gasteiger partial charge in [-0.2, -0.15) is 0 Å². The number of hydrogen-bond donors (Lipinski definition) is 1. The number of hydrogen-bond acceptors (Lipinski definition) is 7. The van der Waals surface area contributed by atoms with E-state index in [2.05, 4.69) is 9.98 Å². The van der Waals surface area contributed by atoms with Crippen LogP contribution < -0.4 is 0 Å². The number of aliphatic hydroxyl groups is 1. The van der Waals surface area contributed by atoms with Gasteiger partial charge in [-0.25, -0.2) is 14.8 Å². The Kier molecular flexibility index (Phi) is 7.31. The monoisotopic (exact) mass is 397 g/mol. The Morgan fingerprint density at radius 1 is 1.11 bits per heavy atom. The Morgan fingerprint density at radius 2 is 1.68 bits per heavy atom. The summed E-state index contributed by atoms with van der Waals surface area (Å²) in [5.74, 6) is 1.01. The third-order valence-electron chi connectivity index (χ3n) is 4.98. The van der Waals surface area contributed by atoms with Crippen molar-refractivity contribution >= 4 is 17.9 Å². The first-order chi connectivity index (χ1) is 13.1. The van der Waals surface area contributed by atoms with Crippen LogP contribution >= 0.6 is 0 Å². The molecular formula is C20H35N3O5. The van der Waals surface area contributed by atoms with Crippen LogP contribution in [0.5, 0.6) is 0 Å². The summed E-state index contributed by atoms with van der Waals surface area (Å²) < 4.78 is 16.4. The maximum absolute atomic E-state index is 12.7. The topological polar surface area (TPSA) is 93.0 Å². The van der Waals surface area contributed by atoms with E-state index in [9.17, 15) is 9.90 Å². The van der Waals surface area contributed by atoms with E-state index in [0.717, 1.165) is 12.8 Å². The minimum absolute atomic E-state index is 0.176. The number of aliphatic imine (C=N–C) groups is 2. The standard InChI is InChI=1S/C20H35N3O5/c1-12(2)14-17(26-6)22-15(18(21-14)27-7)16(24)13-10-8-9-11-23(13)19(25)28-20(3,4)5/h12-16,24H,8-11H2,1-7H3/t13-,14-,15+,16-/m1/s1. The van der Waals surface area contributed by atoms with Crippen molar-refractivity contribution in [2.24, 2.45) is 15.9 Å². The summed E-state index contributed by atoms with van der Waals surface area (Å²) >= 11 is 0. The average Bonchev–Trinajstić information content (AvgIpc) is 2.64. The van der Waals surface area contributed by atoms with Crippen LogP contribution in [0.25, 0.3) is 0 Å². The lowest BCUT2D eigenvalue weighted by atomic mass is 9.92. The lowest BCUT2D eigenvalue weighted by Gasteiger charge is -2.41. The molecule has 0 aromatic carbocycles. The molecule has 1 N–H and O–H groups in total. The van der Waals surface area contributed by atoms with Crippen molar-refractivity contribution in [2.45, 2.75) is 83.7 Å². The van der Waals surface area contributed by atoms with Crippen LogP contribution in [0.15, 0.2) is 9.98 Å². The molecule has 2 rings (SSSR count). The van der Waals surface area contributed by atoms with E-state index >= 15 is 0 Å². The largest absolute Gasteiger partial charge is 0.483 e. The average molecular weight is 398 g/mol.